The van der Waals surface area contributed by atoms with Gasteiger partial charge in [0, 0.05) is 26.2 Å². The Bertz CT molecular complexity index is 674. The molecule has 0 bridgehead atoms. The van der Waals surface area contributed by atoms with Crippen LogP contribution in [0.25, 0.3) is 0 Å². The summed E-state index contributed by atoms with van der Waals surface area (Å²) >= 11 is 0. The van der Waals surface area contributed by atoms with Crippen LogP contribution in [0.2, 0.25) is 0 Å². The molecule has 0 aliphatic carbocycles. The Morgan fingerprint density at radius 1 is 0.484 bits per heavy atom. The minimum atomic E-state index is -0.107. The van der Waals surface area contributed by atoms with Crippen LogP contribution in [0.1, 0.15) is 56.1 Å². The van der Waals surface area contributed by atoms with Crippen molar-refractivity contribution in [1.82, 2.24) is 21.3 Å². The van der Waals surface area contributed by atoms with Gasteiger partial charge in [-0.15, -0.1) is 0 Å². The van der Waals surface area contributed by atoms with Crippen LogP contribution in [0.3, 0.4) is 0 Å². The minimum absolute atomic E-state index is 0.107. The summed E-state index contributed by atoms with van der Waals surface area (Å²) in [6, 6.07) is 19.6. The number of hydrogen-bond acceptors (Lipinski definition) is 2. The van der Waals surface area contributed by atoms with E-state index in [4.69, 9.17) is 0 Å². The molecule has 168 valence electrons. The largest absolute Gasteiger partial charge is 0.338 e. The lowest BCUT2D eigenvalue weighted by atomic mass is 10.1. The normalized spacial score (nSPS) is 10.3. The van der Waals surface area contributed by atoms with E-state index in [1.165, 1.54) is 19.3 Å². The van der Waals surface area contributed by atoms with Crippen LogP contribution in [0.4, 0.5) is 9.59 Å². The molecule has 2 aromatic rings. The Morgan fingerprint density at radius 2 is 0.839 bits per heavy atom. The van der Waals surface area contributed by atoms with Gasteiger partial charge in [0.2, 0.25) is 0 Å². The van der Waals surface area contributed by atoms with Crippen molar-refractivity contribution < 1.29 is 9.59 Å². The van der Waals surface area contributed by atoms with Crippen molar-refractivity contribution >= 4 is 12.1 Å². The highest BCUT2D eigenvalue weighted by Gasteiger charge is 2.01. The fourth-order valence-corrected chi connectivity index (χ4v) is 3.22. The SMILES string of the molecule is O=C(NCCCCCCCCCNC(=O)NCc1ccccc1)NCc1ccccc1. The van der Waals surface area contributed by atoms with Crippen LogP contribution < -0.4 is 21.3 Å². The summed E-state index contributed by atoms with van der Waals surface area (Å²) in [5.41, 5.74) is 2.20. The van der Waals surface area contributed by atoms with Gasteiger partial charge in [0.05, 0.1) is 0 Å². The summed E-state index contributed by atoms with van der Waals surface area (Å²) in [6.45, 7) is 2.53. The van der Waals surface area contributed by atoms with E-state index in [0.717, 1.165) is 36.8 Å². The number of urea groups is 2. The molecule has 0 saturated heterocycles. The van der Waals surface area contributed by atoms with Gasteiger partial charge in [0.1, 0.15) is 0 Å². The fraction of sp³-hybridized carbons (Fsp3) is 0.440. The highest BCUT2D eigenvalue weighted by molar-refractivity contribution is 5.74. The number of benzene rings is 2. The third-order valence-corrected chi connectivity index (χ3v) is 5.02. The number of rotatable bonds is 14. The lowest BCUT2D eigenvalue weighted by Gasteiger charge is -2.08. The quantitative estimate of drug-likeness (QED) is 0.331. The van der Waals surface area contributed by atoms with Gasteiger partial charge < -0.3 is 21.3 Å². The lowest BCUT2D eigenvalue weighted by Crippen LogP contribution is -2.35. The fourth-order valence-electron chi connectivity index (χ4n) is 3.22. The first-order valence-electron chi connectivity index (χ1n) is 11.4. The average Bonchev–Trinajstić information content (AvgIpc) is 2.81. The third kappa shape index (κ3) is 12.3. The van der Waals surface area contributed by atoms with Gasteiger partial charge in [-0.25, -0.2) is 9.59 Å². The molecule has 0 aromatic heterocycles. The molecule has 0 aliphatic rings. The zero-order valence-corrected chi connectivity index (χ0v) is 18.4. The summed E-state index contributed by atoms with van der Waals surface area (Å²) in [5, 5.41) is 11.6. The van der Waals surface area contributed by atoms with E-state index in [9.17, 15) is 9.59 Å². The maximum Gasteiger partial charge on any atom is 0.315 e. The molecule has 0 fully saturated rings. The monoisotopic (exact) mass is 424 g/mol. The summed E-state index contributed by atoms with van der Waals surface area (Å²) in [5.74, 6) is 0. The second-order valence-electron chi connectivity index (χ2n) is 7.66. The Morgan fingerprint density at radius 3 is 1.23 bits per heavy atom. The van der Waals surface area contributed by atoms with E-state index in [1.807, 2.05) is 60.7 Å². The molecule has 2 aromatic carbocycles. The highest BCUT2D eigenvalue weighted by Crippen LogP contribution is 2.06. The molecule has 4 N–H and O–H groups in total. The second-order valence-corrected chi connectivity index (χ2v) is 7.66. The van der Waals surface area contributed by atoms with E-state index >= 15 is 0 Å². The molecule has 6 nitrogen and oxygen atoms in total. The van der Waals surface area contributed by atoms with E-state index in [1.54, 1.807) is 0 Å². The van der Waals surface area contributed by atoms with Gasteiger partial charge in [-0.3, -0.25) is 0 Å². The lowest BCUT2D eigenvalue weighted by molar-refractivity contribution is 0.239. The summed E-state index contributed by atoms with van der Waals surface area (Å²) in [7, 11) is 0. The number of hydrogen-bond donors (Lipinski definition) is 4. The van der Waals surface area contributed by atoms with Crippen molar-refractivity contribution in [1.29, 1.82) is 0 Å². The van der Waals surface area contributed by atoms with Crippen molar-refractivity contribution in [3.8, 4) is 0 Å². The minimum Gasteiger partial charge on any atom is -0.338 e. The molecular weight excluding hydrogens is 388 g/mol. The van der Waals surface area contributed by atoms with Gasteiger partial charge in [-0.2, -0.15) is 0 Å². The van der Waals surface area contributed by atoms with Crippen LogP contribution in [-0.4, -0.2) is 25.2 Å². The zero-order chi connectivity index (χ0) is 22.0. The van der Waals surface area contributed by atoms with Crippen molar-refractivity contribution in [3.63, 3.8) is 0 Å². The Hall–Kier alpha value is -3.02. The summed E-state index contributed by atoms with van der Waals surface area (Å²) in [4.78, 5) is 23.5. The molecule has 6 heteroatoms. The van der Waals surface area contributed by atoms with Crippen molar-refractivity contribution in [3.05, 3.63) is 71.8 Å². The highest BCUT2D eigenvalue weighted by atomic mass is 16.2. The van der Waals surface area contributed by atoms with Crippen LogP contribution >= 0.6 is 0 Å². The molecule has 0 unspecified atom stereocenters. The Kier molecular flexibility index (Phi) is 12.3. The first-order chi connectivity index (χ1) is 15.2. The molecule has 0 heterocycles. The van der Waals surface area contributed by atoms with E-state index in [0.29, 0.717) is 26.2 Å². The Labute approximate surface area is 186 Å². The third-order valence-electron chi connectivity index (χ3n) is 5.02. The van der Waals surface area contributed by atoms with Gasteiger partial charge in [-0.05, 0) is 24.0 Å². The van der Waals surface area contributed by atoms with Gasteiger partial charge in [0.15, 0.2) is 0 Å². The number of carbonyl (C=O) groups is 2. The van der Waals surface area contributed by atoms with E-state index < -0.39 is 0 Å². The van der Waals surface area contributed by atoms with Crippen LogP contribution in [0, 0.1) is 0 Å². The topological polar surface area (TPSA) is 82.3 Å². The number of amides is 4. The maximum absolute atomic E-state index is 11.8. The van der Waals surface area contributed by atoms with Crippen molar-refractivity contribution in [2.75, 3.05) is 13.1 Å². The predicted molar refractivity (Wildman–Crippen MR) is 126 cm³/mol. The number of carbonyl (C=O) groups excluding carboxylic acids is 2. The predicted octanol–water partition coefficient (Wildman–Crippen LogP) is 4.72. The smallest absolute Gasteiger partial charge is 0.315 e. The molecule has 2 rings (SSSR count). The molecule has 0 atom stereocenters. The molecule has 0 saturated carbocycles. The maximum atomic E-state index is 11.8. The number of nitrogens with one attached hydrogen (secondary N) is 4. The van der Waals surface area contributed by atoms with Crippen LogP contribution in [0.15, 0.2) is 60.7 Å². The van der Waals surface area contributed by atoms with E-state index in [-0.39, 0.29) is 12.1 Å². The molecule has 4 amide bonds. The van der Waals surface area contributed by atoms with Crippen molar-refractivity contribution in [2.24, 2.45) is 0 Å². The summed E-state index contributed by atoms with van der Waals surface area (Å²) < 4.78 is 0. The molecule has 0 radical (unpaired) electrons. The molecule has 0 spiro atoms. The van der Waals surface area contributed by atoms with Gasteiger partial charge in [-0.1, -0.05) is 92.8 Å². The first-order valence-corrected chi connectivity index (χ1v) is 11.4. The zero-order valence-electron chi connectivity index (χ0n) is 18.4. The van der Waals surface area contributed by atoms with Crippen LogP contribution in [-0.2, 0) is 13.1 Å². The standard InChI is InChI=1S/C25H36N4O2/c30-24(28-20-22-14-8-6-9-15-22)26-18-12-4-2-1-3-5-13-19-27-25(31)29-21-23-16-10-7-11-17-23/h6-11,14-17H,1-5,12-13,18-21H2,(H2,26,28,30)(H2,27,29,31). The average molecular weight is 425 g/mol. The van der Waals surface area contributed by atoms with Gasteiger partial charge >= 0.3 is 12.1 Å². The van der Waals surface area contributed by atoms with E-state index in [2.05, 4.69) is 21.3 Å². The van der Waals surface area contributed by atoms with Crippen LogP contribution in [0.5, 0.6) is 0 Å². The van der Waals surface area contributed by atoms with Crippen molar-refractivity contribution in [2.45, 2.75) is 58.0 Å². The second kappa shape index (κ2) is 15.8. The molecule has 0 aliphatic heterocycles. The first kappa shape index (κ1) is 24.3. The number of unbranched alkanes of at least 4 members (excludes halogenated alkanes) is 6. The summed E-state index contributed by atoms with van der Waals surface area (Å²) in [6.07, 6.45) is 7.80. The van der Waals surface area contributed by atoms with Gasteiger partial charge in [0.25, 0.3) is 0 Å². The Balaban J connectivity index is 1.32. The molecular formula is C25H36N4O2. The molecule has 31 heavy (non-hydrogen) atoms.